The Balaban J connectivity index is 1.91. The third-order valence-corrected chi connectivity index (χ3v) is 4.16. The van der Waals surface area contributed by atoms with Crippen molar-refractivity contribution < 1.29 is 0 Å². The molecule has 0 saturated heterocycles. The van der Waals surface area contributed by atoms with Crippen molar-refractivity contribution in [3.63, 3.8) is 0 Å². The molecule has 0 amide bonds. The van der Waals surface area contributed by atoms with Gasteiger partial charge in [-0.2, -0.15) is 0 Å². The fraction of sp³-hybridized carbons (Fsp3) is 0.250. The van der Waals surface area contributed by atoms with Crippen molar-refractivity contribution in [1.82, 2.24) is 4.57 Å². The van der Waals surface area contributed by atoms with Crippen LogP contribution in [-0.2, 0) is 13.0 Å². The molecular weight excluding hydrogens is 252 g/mol. The van der Waals surface area contributed by atoms with E-state index in [2.05, 4.69) is 52.5 Å². The Morgan fingerprint density at radius 2 is 2.16 bits per heavy atom. The number of nitrogens with two attached hydrogens (primary N) is 1. The Hall–Kier alpha value is -1.58. The largest absolute Gasteiger partial charge is 0.342 e. The van der Waals surface area contributed by atoms with Gasteiger partial charge in [0, 0.05) is 22.6 Å². The Morgan fingerprint density at radius 3 is 2.89 bits per heavy atom. The quantitative estimate of drug-likeness (QED) is 0.771. The SMILES string of the molecule is CC(N)Cc1ccc2c(ccn2Cc2cccs2)c1. The molecular formula is C16H18N2S. The summed E-state index contributed by atoms with van der Waals surface area (Å²) in [5.41, 5.74) is 8.47. The van der Waals surface area contributed by atoms with E-state index in [1.54, 1.807) is 11.3 Å². The van der Waals surface area contributed by atoms with Crippen LogP contribution >= 0.6 is 11.3 Å². The maximum absolute atomic E-state index is 5.86. The van der Waals surface area contributed by atoms with E-state index in [-0.39, 0.29) is 6.04 Å². The Kier molecular flexibility index (Phi) is 3.40. The van der Waals surface area contributed by atoms with Crippen molar-refractivity contribution in [2.75, 3.05) is 0 Å². The predicted molar refractivity (Wildman–Crippen MR) is 82.7 cm³/mol. The van der Waals surface area contributed by atoms with Crippen molar-refractivity contribution in [3.8, 4) is 0 Å². The van der Waals surface area contributed by atoms with Crippen molar-refractivity contribution in [2.45, 2.75) is 25.9 Å². The second-order valence-electron chi connectivity index (χ2n) is 5.10. The van der Waals surface area contributed by atoms with Crippen LogP contribution in [0.25, 0.3) is 10.9 Å². The second-order valence-corrected chi connectivity index (χ2v) is 6.13. The van der Waals surface area contributed by atoms with Crippen LogP contribution < -0.4 is 5.73 Å². The molecule has 1 unspecified atom stereocenters. The van der Waals surface area contributed by atoms with E-state index < -0.39 is 0 Å². The van der Waals surface area contributed by atoms with E-state index >= 15 is 0 Å². The highest BCUT2D eigenvalue weighted by Gasteiger charge is 2.05. The van der Waals surface area contributed by atoms with Crippen molar-refractivity contribution in [3.05, 3.63) is 58.4 Å². The number of thiophene rings is 1. The molecule has 0 aliphatic rings. The number of fused-ring (bicyclic) bond motifs is 1. The molecule has 0 radical (unpaired) electrons. The molecule has 0 aliphatic carbocycles. The van der Waals surface area contributed by atoms with Gasteiger partial charge in [-0.3, -0.25) is 0 Å². The van der Waals surface area contributed by atoms with E-state index in [4.69, 9.17) is 5.73 Å². The summed E-state index contributed by atoms with van der Waals surface area (Å²) in [5.74, 6) is 0. The first-order chi connectivity index (χ1) is 9.22. The van der Waals surface area contributed by atoms with Gasteiger partial charge >= 0.3 is 0 Å². The van der Waals surface area contributed by atoms with Crippen LogP contribution in [-0.4, -0.2) is 10.6 Å². The highest BCUT2D eigenvalue weighted by molar-refractivity contribution is 7.09. The minimum absolute atomic E-state index is 0.214. The number of aromatic nitrogens is 1. The first-order valence-electron chi connectivity index (χ1n) is 6.58. The van der Waals surface area contributed by atoms with Gasteiger partial charge in [0.25, 0.3) is 0 Å². The first-order valence-corrected chi connectivity index (χ1v) is 7.46. The van der Waals surface area contributed by atoms with Crippen LogP contribution in [0.4, 0.5) is 0 Å². The van der Waals surface area contributed by atoms with Crippen LogP contribution in [0.2, 0.25) is 0 Å². The number of nitrogens with zero attached hydrogens (tertiary/aromatic N) is 1. The van der Waals surface area contributed by atoms with Crippen molar-refractivity contribution >= 4 is 22.2 Å². The van der Waals surface area contributed by atoms with Gasteiger partial charge in [-0.15, -0.1) is 11.3 Å². The van der Waals surface area contributed by atoms with Crippen LogP contribution in [0, 0.1) is 0 Å². The summed E-state index contributed by atoms with van der Waals surface area (Å²) in [6.45, 7) is 3.00. The molecule has 2 nitrogen and oxygen atoms in total. The number of hydrogen-bond donors (Lipinski definition) is 1. The van der Waals surface area contributed by atoms with E-state index in [1.807, 2.05) is 6.92 Å². The van der Waals surface area contributed by atoms with Gasteiger partial charge in [0.1, 0.15) is 0 Å². The maximum Gasteiger partial charge on any atom is 0.0569 e. The van der Waals surface area contributed by atoms with E-state index in [1.165, 1.54) is 21.3 Å². The summed E-state index contributed by atoms with van der Waals surface area (Å²) in [7, 11) is 0. The lowest BCUT2D eigenvalue weighted by Gasteiger charge is -2.07. The fourth-order valence-electron chi connectivity index (χ4n) is 2.46. The monoisotopic (exact) mass is 270 g/mol. The Labute approximate surface area is 117 Å². The average molecular weight is 270 g/mol. The highest BCUT2D eigenvalue weighted by Crippen LogP contribution is 2.21. The van der Waals surface area contributed by atoms with Crippen molar-refractivity contribution in [1.29, 1.82) is 0 Å². The van der Waals surface area contributed by atoms with E-state index in [0.717, 1.165) is 13.0 Å². The van der Waals surface area contributed by atoms with Crippen LogP contribution in [0.5, 0.6) is 0 Å². The molecule has 0 spiro atoms. The molecule has 3 aromatic rings. The molecule has 2 N–H and O–H groups in total. The molecule has 1 atom stereocenters. The molecule has 0 aliphatic heterocycles. The molecule has 3 rings (SSSR count). The second kappa shape index (κ2) is 5.19. The average Bonchev–Trinajstić information content (AvgIpc) is 2.99. The minimum Gasteiger partial charge on any atom is -0.342 e. The van der Waals surface area contributed by atoms with Gasteiger partial charge in [-0.25, -0.2) is 0 Å². The highest BCUT2D eigenvalue weighted by atomic mass is 32.1. The van der Waals surface area contributed by atoms with Crippen LogP contribution in [0.15, 0.2) is 48.0 Å². The smallest absolute Gasteiger partial charge is 0.0569 e. The Morgan fingerprint density at radius 1 is 1.26 bits per heavy atom. The molecule has 0 fully saturated rings. The van der Waals surface area contributed by atoms with Crippen LogP contribution in [0.3, 0.4) is 0 Å². The molecule has 0 bridgehead atoms. The minimum atomic E-state index is 0.214. The topological polar surface area (TPSA) is 30.9 Å². The molecule has 2 heterocycles. The molecule has 2 aromatic heterocycles. The van der Waals surface area contributed by atoms with Gasteiger partial charge in [0.15, 0.2) is 0 Å². The third-order valence-electron chi connectivity index (χ3n) is 3.30. The summed E-state index contributed by atoms with van der Waals surface area (Å²) >= 11 is 1.80. The van der Waals surface area contributed by atoms with Gasteiger partial charge < -0.3 is 10.3 Å². The van der Waals surface area contributed by atoms with Crippen LogP contribution in [0.1, 0.15) is 17.4 Å². The summed E-state index contributed by atoms with van der Waals surface area (Å²) in [6, 6.07) is 13.3. The summed E-state index contributed by atoms with van der Waals surface area (Å²) < 4.78 is 2.30. The normalized spacial score (nSPS) is 12.9. The molecule has 98 valence electrons. The zero-order valence-electron chi connectivity index (χ0n) is 11.0. The number of hydrogen-bond acceptors (Lipinski definition) is 2. The maximum atomic E-state index is 5.86. The number of benzene rings is 1. The Bertz CT molecular complexity index is 665. The molecule has 1 aromatic carbocycles. The van der Waals surface area contributed by atoms with Gasteiger partial charge in [-0.1, -0.05) is 12.1 Å². The number of rotatable bonds is 4. The fourth-order valence-corrected chi connectivity index (χ4v) is 3.16. The summed E-state index contributed by atoms with van der Waals surface area (Å²) in [5, 5.41) is 3.43. The first kappa shape index (κ1) is 12.5. The lowest BCUT2D eigenvalue weighted by Crippen LogP contribution is -2.17. The molecule has 19 heavy (non-hydrogen) atoms. The zero-order valence-corrected chi connectivity index (χ0v) is 11.9. The lowest BCUT2D eigenvalue weighted by atomic mass is 10.1. The summed E-state index contributed by atoms with van der Waals surface area (Å²) in [6.07, 6.45) is 3.10. The molecule has 0 saturated carbocycles. The standard InChI is InChI=1S/C16H18N2S/c1-12(17)9-13-4-5-16-14(10-13)6-7-18(16)11-15-3-2-8-19-15/h2-8,10,12H,9,11,17H2,1H3. The third kappa shape index (κ3) is 2.72. The van der Waals surface area contributed by atoms with Gasteiger partial charge in [0.2, 0.25) is 0 Å². The predicted octanol–water partition coefficient (Wildman–Crippen LogP) is 3.64. The zero-order chi connectivity index (χ0) is 13.2. The van der Waals surface area contributed by atoms with Gasteiger partial charge in [0.05, 0.1) is 6.54 Å². The van der Waals surface area contributed by atoms with Gasteiger partial charge in [-0.05, 0) is 53.9 Å². The van der Waals surface area contributed by atoms with Crippen molar-refractivity contribution in [2.24, 2.45) is 5.73 Å². The van der Waals surface area contributed by atoms with E-state index in [0.29, 0.717) is 0 Å². The van der Waals surface area contributed by atoms with E-state index in [9.17, 15) is 0 Å². The lowest BCUT2D eigenvalue weighted by molar-refractivity contribution is 0.738. The molecule has 3 heteroatoms. The summed E-state index contributed by atoms with van der Waals surface area (Å²) in [4.78, 5) is 1.39.